The van der Waals surface area contributed by atoms with Crippen LogP contribution in [0.5, 0.6) is 0 Å². The Labute approximate surface area is 174 Å². The van der Waals surface area contributed by atoms with E-state index in [2.05, 4.69) is 62.4 Å². The summed E-state index contributed by atoms with van der Waals surface area (Å²) in [7, 11) is 0. The van der Waals surface area contributed by atoms with Crippen LogP contribution in [0.1, 0.15) is 43.3 Å². The van der Waals surface area contributed by atoms with Gasteiger partial charge >= 0.3 is 0 Å². The van der Waals surface area contributed by atoms with Crippen molar-refractivity contribution < 1.29 is 0 Å². The van der Waals surface area contributed by atoms with E-state index in [-0.39, 0.29) is 0 Å². The average Bonchev–Trinajstić information content (AvgIpc) is 2.77. The zero-order valence-electron chi connectivity index (χ0n) is 17.2. The Morgan fingerprint density at radius 1 is 0.793 bits per heavy atom. The van der Waals surface area contributed by atoms with E-state index >= 15 is 0 Å². The molecule has 0 aliphatic rings. The molecule has 0 aliphatic heterocycles. The maximum Gasteiger partial charge on any atom is 0.0544 e. The van der Waals surface area contributed by atoms with Gasteiger partial charge in [0.15, 0.2) is 0 Å². The number of aromatic nitrogens is 3. The van der Waals surface area contributed by atoms with E-state index in [1.54, 1.807) is 0 Å². The van der Waals surface area contributed by atoms with Crippen molar-refractivity contribution in [2.24, 2.45) is 0 Å². The highest BCUT2D eigenvalue weighted by Gasteiger charge is 2.16. The van der Waals surface area contributed by atoms with Crippen LogP contribution in [0.4, 0.5) is 0 Å². The zero-order chi connectivity index (χ0) is 20.2. The molecule has 0 radical (unpaired) electrons. The van der Waals surface area contributed by atoms with Gasteiger partial charge in [-0.05, 0) is 42.8 Å². The van der Waals surface area contributed by atoms with Crippen LogP contribution in [-0.2, 0) is 19.6 Å². The highest BCUT2D eigenvalue weighted by Crippen LogP contribution is 2.11. The third-order valence-electron chi connectivity index (χ3n) is 4.91. The second kappa shape index (κ2) is 12.0. The van der Waals surface area contributed by atoms with Crippen LogP contribution >= 0.6 is 0 Å². The maximum atomic E-state index is 4.53. The largest absolute Gasteiger partial charge is 0.307 e. The predicted octanol–water partition coefficient (Wildman–Crippen LogP) is 4.22. The Kier molecular flexibility index (Phi) is 8.76. The lowest BCUT2D eigenvalue weighted by atomic mass is 10.1. The molecule has 0 fully saturated rings. The molecule has 3 aromatic heterocycles. The van der Waals surface area contributed by atoms with Crippen LogP contribution in [0.2, 0.25) is 0 Å². The summed E-state index contributed by atoms with van der Waals surface area (Å²) < 4.78 is 0. The topological polar surface area (TPSA) is 53.9 Å². The number of unbranched alkanes of at least 4 members (excludes halogenated alkanes) is 1. The zero-order valence-corrected chi connectivity index (χ0v) is 17.2. The summed E-state index contributed by atoms with van der Waals surface area (Å²) >= 11 is 0. The van der Waals surface area contributed by atoms with Crippen LogP contribution in [0, 0.1) is 0 Å². The summed E-state index contributed by atoms with van der Waals surface area (Å²) in [5.41, 5.74) is 3.25. The highest BCUT2D eigenvalue weighted by molar-refractivity contribution is 5.07. The number of rotatable bonds is 12. The lowest BCUT2D eigenvalue weighted by Gasteiger charge is -2.28. The Balaban J connectivity index is 1.68. The van der Waals surface area contributed by atoms with Gasteiger partial charge in [-0.15, -0.1) is 0 Å². The molecule has 3 heterocycles. The summed E-state index contributed by atoms with van der Waals surface area (Å²) in [6.45, 7) is 5.60. The molecule has 1 atom stereocenters. The molecule has 5 heteroatoms. The van der Waals surface area contributed by atoms with Gasteiger partial charge < -0.3 is 5.32 Å². The minimum Gasteiger partial charge on any atom is -0.307 e. The number of hydrogen-bond acceptors (Lipinski definition) is 5. The van der Waals surface area contributed by atoms with Gasteiger partial charge in [0.05, 0.1) is 17.1 Å². The van der Waals surface area contributed by atoms with Crippen molar-refractivity contribution in [3.63, 3.8) is 0 Å². The van der Waals surface area contributed by atoms with E-state index in [4.69, 9.17) is 0 Å². The predicted molar refractivity (Wildman–Crippen MR) is 117 cm³/mol. The molecule has 3 aromatic rings. The van der Waals surface area contributed by atoms with Crippen LogP contribution in [-0.4, -0.2) is 32.4 Å². The molecular weight excluding hydrogens is 358 g/mol. The van der Waals surface area contributed by atoms with Gasteiger partial charge in [-0.2, -0.15) is 0 Å². The first kappa shape index (κ1) is 21.1. The van der Waals surface area contributed by atoms with Crippen molar-refractivity contribution in [1.29, 1.82) is 0 Å². The fourth-order valence-corrected chi connectivity index (χ4v) is 3.40. The molecule has 0 saturated heterocycles. The number of pyridine rings is 3. The van der Waals surface area contributed by atoms with Crippen LogP contribution in [0.15, 0.2) is 73.2 Å². The maximum absolute atomic E-state index is 4.53. The monoisotopic (exact) mass is 389 g/mol. The molecule has 5 nitrogen and oxygen atoms in total. The fraction of sp³-hybridized carbons (Fsp3) is 0.375. The van der Waals surface area contributed by atoms with Gasteiger partial charge in [0.1, 0.15) is 0 Å². The van der Waals surface area contributed by atoms with E-state index in [0.29, 0.717) is 6.04 Å². The normalized spacial score (nSPS) is 12.2. The second-order valence-corrected chi connectivity index (χ2v) is 7.35. The van der Waals surface area contributed by atoms with Crippen molar-refractivity contribution in [2.45, 2.75) is 51.9 Å². The van der Waals surface area contributed by atoms with Gasteiger partial charge in [-0.25, -0.2) is 0 Å². The summed E-state index contributed by atoms with van der Waals surface area (Å²) in [5.74, 6) is 0. The van der Waals surface area contributed by atoms with Crippen molar-refractivity contribution in [3.05, 3.63) is 90.3 Å². The third kappa shape index (κ3) is 7.72. The van der Waals surface area contributed by atoms with E-state index in [1.807, 2.05) is 42.9 Å². The van der Waals surface area contributed by atoms with E-state index in [1.165, 1.54) is 12.8 Å². The van der Waals surface area contributed by atoms with Crippen LogP contribution < -0.4 is 5.32 Å². The molecule has 29 heavy (non-hydrogen) atoms. The molecule has 0 bridgehead atoms. The van der Waals surface area contributed by atoms with Gasteiger partial charge in [-0.3, -0.25) is 19.9 Å². The quantitative estimate of drug-likeness (QED) is 0.503. The number of hydrogen-bond donors (Lipinski definition) is 1. The first-order valence-corrected chi connectivity index (χ1v) is 10.5. The van der Waals surface area contributed by atoms with E-state index in [0.717, 1.165) is 49.7 Å². The van der Waals surface area contributed by atoms with Crippen LogP contribution in [0.25, 0.3) is 0 Å². The molecular formula is C24H31N5. The summed E-state index contributed by atoms with van der Waals surface area (Å²) in [4.78, 5) is 16.0. The Morgan fingerprint density at radius 2 is 1.34 bits per heavy atom. The van der Waals surface area contributed by atoms with E-state index in [9.17, 15) is 0 Å². The SMILES string of the molecule is CCCCC(CN(Cc1ccccn1)Cc1ccccn1)NCc1ccccn1. The first-order chi connectivity index (χ1) is 14.3. The number of nitrogens with one attached hydrogen (secondary N) is 1. The van der Waals surface area contributed by atoms with Gasteiger partial charge in [-0.1, -0.05) is 38.0 Å². The second-order valence-electron chi connectivity index (χ2n) is 7.35. The van der Waals surface area contributed by atoms with Gasteiger partial charge in [0.25, 0.3) is 0 Å². The van der Waals surface area contributed by atoms with Crippen molar-refractivity contribution in [1.82, 2.24) is 25.2 Å². The lowest BCUT2D eigenvalue weighted by molar-refractivity contribution is 0.213. The third-order valence-corrected chi connectivity index (χ3v) is 4.91. The molecule has 1 unspecified atom stereocenters. The Bertz CT molecular complexity index is 754. The molecule has 0 aliphatic carbocycles. The molecule has 3 rings (SSSR count). The van der Waals surface area contributed by atoms with Crippen molar-refractivity contribution in [2.75, 3.05) is 6.54 Å². The summed E-state index contributed by atoms with van der Waals surface area (Å²) in [6, 6.07) is 18.7. The highest BCUT2D eigenvalue weighted by atomic mass is 15.2. The average molecular weight is 390 g/mol. The fourth-order valence-electron chi connectivity index (χ4n) is 3.40. The molecule has 152 valence electrons. The smallest absolute Gasteiger partial charge is 0.0544 e. The molecule has 0 aromatic carbocycles. The van der Waals surface area contributed by atoms with Crippen molar-refractivity contribution >= 4 is 0 Å². The first-order valence-electron chi connectivity index (χ1n) is 10.5. The van der Waals surface area contributed by atoms with Gasteiger partial charge in [0, 0.05) is 50.8 Å². The standard InChI is InChI=1S/C24H31N5/c1-2-3-10-24(28-17-21-11-4-7-14-25-21)20-29(18-22-12-5-8-15-26-22)19-23-13-6-9-16-27-23/h4-9,11-16,24,28H,2-3,10,17-20H2,1H3. The van der Waals surface area contributed by atoms with E-state index < -0.39 is 0 Å². The molecule has 0 spiro atoms. The minimum absolute atomic E-state index is 0.393. The molecule has 0 amide bonds. The summed E-state index contributed by atoms with van der Waals surface area (Å²) in [6.07, 6.45) is 9.13. The lowest BCUT2D eigenvalue weighted by Crippen LogP contribution is -2.40. The van der Waals surface area contributed by atoms with Crippen LogP contribution in [0.3, 0.4) is 0 Å². The Hall–Kier alpha value is -2.63. The molecule has 0 saturated carbocycles. The molecule has 1 N–H and O–H groups in total. The summed E-state index contributed by atoms with van der Waals surface area (Å²) in [5, 5.41) is 3.73. The minimum atomic E-state index is 0.393. The van der Waals surface area contributed by atoms with Gasteiger partial charge in [0.2, 0.25) is 0 Å². The Morgan fingerprint density at radius 3 is 1.83 bits per heavy atom. The number of nitrogens with zero attached hydrogens (tertiary/aromatic N) is 4. The van der Waals surface area contributed by atoms with Crippen molar-refractivity contribution in [3.8, 4) is 0 Å².